The predicted molar refractivity (Wildman–Crippen MR) is 60.5 cm³/mol. The number of halogens is 1. The molecule has 0 unspecified atom stereocenters. The van der Waals surface area contributed by atoms with Gasteiger partial charge in [0.25, 0.3) is 0 Å². The summed E-state index contributed by atoms with van der Waals surface area (Å²) in [6.45, 7) is 0.888. The van der Waals surface area contributed by atoms with Crippen LogP contribution in [0, 0.1) is 11.7 Å². The molecule has 0 aromatic carbocycles. The quantitative estimate of drug-likeness (QED) is 0.858. The van der Waals surface area contributed by atoms with E-state index in [1.165, 1.54) is 36.7 Å². The summed E-state index contributed by atoms with van der Waals surface area (Å²) in [4.78, 5) is 7.72. The number of aromatic nitrogens is 2. The van der Waals surface area contributed by atoms with Crippen LogP contribution in [0.3, 0.4) is 0 Å². The molecular weight excluding hydrogens is 213 g/mol. The largest absolute Gasteiger partial charge is 0.354 e. The summed E-state index contributed by atoms with van der Waals surface area (Å²) in [5.41, 5.74) is 0. The molecule has 1 aliphatic rings. The monoisotopic (exact) mass is 227 g/mol. The van der Waals surface area contributed by atoms with Crippen molar-refractivity contribution in [2.24, 2.45) is 5.92 Å². The minimum atomic E-state index is -0.395. The fourth-order valence-electron chi connectivity index (χ4n) is 1.61. The SMILES string of the molecule is Fc1cnc(NC[C@H]2CCCSC2)nc1. The number of anilines is 1. The van der Waals surface area contributed by atoms with Crippen LogP contribution in [0.25, 0.3) is 0 Å². The highest BCUT2D eigenvalue weighted by Crippen LogP contribution is 2.22. The molecule has 1 saturated heterocycles. The molecule has 0 saturated carbocycles. The lowest BCUT2D eigenvalue weighted by Gasteiger charge is -2.21. The summed E-state index contributed by atoms with van der Waals surface area (Å²) in [6, 6.07) is 0. The Morgan fingerprint density at radius 1 is 1.47 bits per heavy atom. The number of nitrogens with one attached hydrogen (secondary N) is 1. The fraction of sp³-hybridized carbons (Fsp3) is 0.600. The van der Waals surface area contributed by atoms with E-state index in [0.29, 0.717) is 11.9 Å². The zero-order chi connectivity index (χ0) is 10.5. The van der Waals surface area contributed by atoms with Gasteiger partial charge in [-0.2, -0.15) is 11.8 Å². The molecule has 5 heteroatoms. The molecule has 82 valence electrons. The normalized spacial score (nSPS) is 21.3. The molecule has 1 aliphatic heterocycles. The van der Waals surface area contributed by atoms with Crippen molar-refractivity contribution in [3.8, 4) is 0 Å². The third kappa shape index (κ3) is 3.34. The Morgan fingerprint density at radius 3 is 2.93 bits per heavy atom. The summed E-state index contributed by atoms with van der Waals surface area (Å²) >= 11 is 2.00. The van der Waals surface area contributed by atoms with E-state index in [4.69, 9.17) is 0 Å². The molecule has 0 spiro atoms. The van der Waals surface area contributed by atoms with E-state index in [0.717, 1.165) is 6.54 Å². The van der Waals surface area contributed by atoms with Gasteiger partial charge in [-0.3, -0.25) is 0 Å². The van der Waals surface area contributed by atoms with Gasteiger partial charge in [0.2, 0.25) is 5.95 Å². The summed E-state index contributed by atoms with van der Waals surface area (Å²) in [7, 11) is 0. The Kier molecular flexibility index (Phi) is 3.77. The van der Waals surface area contributed by atoms with Crippen LogP contribution < -0.4 is 5.32 Å². The molecule has 0 aliphatic carbocycles. The predicted octanol–water partition coefficient (Wildman–Crippen LogP) is 2.17. The van der Waals surface area contributed by atoms with E-state index in [-0.39, 0.29) is 0 Å². The van der Waals surface area contributed by atoms with Crippen LogP contribution in [-0.4, -0.2) is 28.0 Å². The third-order valence-electron chi connectivity index (χ3n) is 2.42. The van der Waals surface area contributed by atoms with Crippen molar-refractivity contribution < 1.29 is 4.39 Å². The number of nitrogens with zero attached hydrogens (tertiary/aromatic N) is 2. The molecule has 0 bridgehead atoms. The van der Waals surface area contributed by atoms with E-state index in [1.54, 1.807) is 0 Å². The molecule has 1 N–H and O–H groups in total. The van der Waals surface area contributed by atoms with Gasteiger partial charge in [-0.05, 0) is 30.3 Å². The van der Waals surface area contributed by atoms with Crippen molar-refractivity contribution in [3.63, 3.8) is 0 Å². The van der Waals surface area contributed by atoms with Crippen molar-refractivity contribution >= 4 is 17.7 Å². The summed E-state index contributed by atoms with van der Waals surface area (Å²) < 4.78 is 12.5. The Morgan fingerprint density at radius 2 is 2.27 bits per heavy atom. The van der Waals surface area contributed by atoms with Gasteiger partial charge in [-0.1, -0.05) is 0 Å². The van der Waals surface area contributed by atoms with Crippen molar-refractivity contribution in [3.05, 3.63) is 18.2 Å². The Balaban J connectivity index is 1.79. The van der Waals surface area contributed by atoms with Crippen LogP contribution in [0.1, 0.15) is 12.8 Å². The van der Waals surface area contributed by atoms with E-state index < -0.39 is 5.82 Å². The maximum absolute atomic E-state index is 12.5. The second-order valence-corrected chi connectivity index (χ2v) is 4.84. The van der Waals surface area contributed by atoms with Crippen molar-refractivity contribution in [1.82, 2.24) is 9.97 Å². The molecule has 0 amide bonds. The maximum atomic E-state index is 12.5. The number of rotatable bonds is 3. The first-order valence-corrected chi connectivity index (χ1v) is 6.29. The summed E-state index contributed by atoms with van der Waals surface area (Å²) in [5, 5.41) is 3.14. The zero-order valence-corrected chi connectivity index (χ0v) is 9.26. The van der Waals surface area contributed by atoms with Crippen LogP contribution in [0.15, 0.2) is 12.4 Å². The lowest BCUT2D eigenvalue weighted by Crippen LogP contribution is -2.20. The average Bonchev–Trinajstić information content (AvgIpc) is 2.30. The molecule has 1 fully saturated rings. The van der Waals surface area contributed by atoms with E-state index in [2.05, 4.69) is 15.3 Å². The van der Waals surface area contributed by atoms with Crippen LogP contribution >= 0.6 is 11.8 Å². The van der Waals surface area contributed by atoms with Gasteiger partial charge in [0.1, 0.15) is 0 Å². The molecule has 1 atom stereocenters. The molecule has 1 aromatic rings. The molecule has 15 heavy (non-hydrogen) atoms. The van der Waals surface area contributed by atoms with Gasteiger partial charge < -0.3 is 5.32 Å². The van der Waals surface area contributed by atoms with Gasteiger partial charge in [0.05, 0.1) is 12.4 Å². The minimum Gasteiger partial charge on any atom is -0.354 e. The van der Waals surface area contributed by atoms with Crippen molar-refractivity contribution in [2.45, 2.75) is 12.8 Å². The lowest BCUT2D eigenvalue weighted by molar-refractivity contribution is 0.546. The third-order valence-corrected chi connectivity index (χ3v) is 3.71. The highest BCUT2D eigenvalue weighted by molar-refractivity contribution is 7.99. The lowest BCUT2D eigenvalue weighted by atomic mass is 10.1. The van der Waals surface area contributed by atoms with Gasteiger partial charge >= 0.3 is 0 Å². The van der Waals surface area contributed by atoms with E-state index >= 15 is 0 Å². The summed E-state index contributed by atoms with van der Waals surface area (Å²) in [6.07, 6.45) is 4.93. The molecular formula is C10H14FN3S. The van der Waals surface area contributed by atoms with Gasteiger partial charge in [-0.25, -0.2) is 14.4 Å². The summed E-state index contributed by atoms with van der Waals surface area (Å²) in [5.74, 6) is 3.30. The number of hydrogen-bond acceptors (Lipinski definition) is 4. The molecule has 1 aromatic heterocycles. The number of thioether (sulfide) groups is 1. The molecule has 2 rings (SSSR count). The standard InChI is InChI=1S/C10H14FN3S/c11-9-5-13-10(14-6-9)12-4-8-2-1-3-15-7-8/h5-6,8H,1-4,7H2,(H,12,13,14)/t8-/m1/s1. The highest BCUT2D eigenvalue weighted by atomic mass is 32.2. The maximum Gasteiger partial charge on any atom is 0.222 e. The average molecular weight is 227 g/mol. The molecule has 3 nitrogen and oxygen atoms in total. The van der Waals surface area contributed by atoms with Crippen molar-refractivity contribution in [2.75, 3.05) is 23.4 Å². The second kappa shape index (κ2) is 5.30. The smallest absolute Gasteiger partial charge is 0.222 e. The second-order valence-electron chi connectivity index (χ2n) is 3.69. The Hall–Kier alpha value is -0.840. The number of hydrogen-bond donors (Lipinski definition) is 1. The van der Waals surface area contributed by atoms with Gasteiger partial charge in [0.15, 0.2) is 5.82 Å². The Labute approximate surface area is 92.9 Å². The van der Waals surface area contributed by atoms with E-state index in [1.807, 2.05) is 11.8 Å². The van der Waals surface area contributed by atoms with Crippen LogP contribution in [-0.2, 0) is 0 Å². The fourth-order valence-corrected chi connectivity index (χ4v) is 2.76. The zero-order valence-electron chi connectivity index (χ0n) is 8.45. The van der Waals surface area contributed by atoms with Gasteiger partial charge in [-0.15, -0.1) is 0 Å². The van der Waals surface area contributed by atoms with Crippen LogP contribution in [0.5, 0.6) is 0 Å². The minimum absolute atomic E-state index is 0.395. The first kappa shape index (κ1) is 10.7. The van der Waals surface area contributed by atoms with Crippen molar-refractivity contribution in [1.29, 1.82) is 0 Å². The Bertz CT molecular complexity index is 298. The van der Waals surface area contributed by atoms with Crippen LogP contribution in [0.4, 0.5) is 10.3 Å². The van der Waals surface area contributed by atoms with E-state index in [9.17, 15) is 4.39 Å². The molecule has 2 heterocycles. The van der Waals surface area contributed by atoms with Crippen LogP contribution in [0.2, 0.25) is 0 Å². The van der Waals surface area contributed by atoms with Gasteiger partial charge in [0, 0.05) is 6.54 Å². The first-order valence-electron chi connectivity index (χ1n) is 5.14. The highest BCUT2D eigenvalue weighted by Gasteiger charge is 2.13. The first-order chi connectivity index (χ1) is 7.34. The topological polar surface area (TPSA) is 37.8 Å². The molecule has 0 radical (unpaired) electrons.